The average molecular weight is 273 g/mol. The van der Waals surface area contributed by atoms with Gasteiger partial charge in [0, 0.05) is 18.9 Å². The molecule has 0 saturated carbocycles. The number of aliphatic carboxylic acids is 2. The van der Waals surface area contributed by atoms with Gasteiger partial charge in [0.15, 0.2) is 0 Å². The fourth-order valence-electron chi connectivity index (χ4n) is 2.04. The second-order valence-corrected chi connectivity index (χ2v) is 5.10. The minimum absolute atomic E-state index is 0.174. The third kappa shape index (κ3) is 14.8. The molecule has 0 aliphatic rings. The highest BCUT2D eigenvalue weighted by molar-refractivity contribution is 5.66. The summed E-state index contributed by atoms with van der Waals surface area (Å²) in [5.74, 6) is -1.46. The number of nitrogens with two attached hydrogens (primary N) is 1. The van der Waals surface area contributed by atoms with Crippen LogP contribution in [0.25, 0.3) is 0 Å². The molecule has 0 aromatic rings. The van der Waals surface area contributed by atoms with Gasteiger partial charge >= 0.3 is 11.9 Å². The lowest BCUT2D eigenvalue weighted by molar-refractivity contribution is -0.138. The van der Waals surface area contributed by atoms with Crippen molar-refractivity contribution < 1.29 is 19.8 Å². The molecule has 112 valence electrons. The smallest absolute Gasteiger partial charge is 0.303 e. The van der Waals surface area contributed by atoms with E-state index in [-0.39, 0.29) is 18.9 Å². The number of unbranched alkanes of at least 4 members (excludes halogenated alkanes) is 5. The summed E-state index contributed by atoms with van der Waals surface area (Å²) in [4.78, 5) is 20.6. The van der Waals surface area contributed by atoms with Crippen molar-refractivity contribution in [1.29, 1.82) is 0 Å². The molecule has 0 bridgehead atoms. The minimum Gasteiger partial charge on any atom is -0.481 e. The summed E-state index contributed by atoms with van der Waals surface area (Å²) in [5, 5.41) is 17.0. The van der Waals surface area contributed by atoms with Crippen molar-refractivity contribution in [3.05, 3.63) is 0 Å². The molecule has 19 heavy (non-hydrogen) atoms. The SMILES string of the molecule is N[C@H](CCCCCCCC(=O)O)CCCCC(=O)O. The first-order valence-corrected chi connectivity index (χ1v) is 7.21. The van der Waals surface area contributed by atoms with Gasteiger partial charge in [0.05, 0.1) is 0 Å². The second kappa shape index (κ2) is 12.0. The van der Waals surface area contributed by atoms with Gasteiger partial charge in [-0.2, -0.15) is 0 Å². The van der Waals surface area contributed by atoms with Gasteiger partial charge in [0.25, 0.3) is 0 Å². The molecule has 1 atom stereocenters. The van der Waals surface area contributed by atoms with Crippen molar-refractivity contribution in [3.63, 3.8) is 0 Å². The van der Waals surface area contributed by atoms with E-state index in [0.717, 1.165) is 51.4 Å². The topological polar surface area (TPSA) is 101 Å². The summed E-state index contributed by atoms with van der Waals surface area (Å²) in [7, 11) is 0. The van der Waals surface area contributed by atoms with Crippen LogP contribution in [0.5, 0.6) is 0 Å². The Labute approximate surface area is 115 Å². The molecular formula is C14H27NO4. The van der Waals surface area contributed by atoms with E-state index in [0.29, 0.717) is 6.42 Å². The zero-order chi connectivity index (χ0) is 14.5. The Morgan fingerprint density at radius 3 is 1.63 bits per heavy atom. The van der Waals surface area contributed by atoms with Crippen molar-refractivity contribution in [2.45, 2.75) is 76.7 Å². The number of carbonyl (C=O) groups is 2. The van der Waals surface area contributed by atoms with Crippen molar-refractivity contribution in [3.8, 4) is 0 Å². The molecule has 0 aromatic heterocycles. The van der Waals surface area contributed by atoms with Crippen LogP contribution < -0.4 is 5.73 Å². The maximum atomic E-state index is 10.3. The Balaban J connectivity index is 3.22. The lowest BCUT2D eigenvalue weighted by Gasteiger charge is -2.10. The highest BCUT2D eigenvalue weighted by Gasteiger charge is 2.04. The maximum absolute atomic E-state index is 10.3. The summed E-state index contributed by atoms with van der Waals surface area (Å²) >= 11 is 0. The first-order valence-electron chi connectivity index (χ1n) is 7.21. The van der Waals surface area contributed by atoms with E-state index in [4.69, 9.17) is 15.9 Å². The van der Waals surface area contributed by atoms with Crippen LogP contribution in [0.2, 0.25) is 0 Å². The molecule has 0 aliphatic carbocycles. The van der Waals surface area contributed by atoms with E-state index in [1.54, 1.807) is 0 Å². The van der Waals surface area contributed by atoms with Gasteiger partial charge in [0.2, 0.25) is 0 Å². The van der Waals surface area contributed by atoms with Crippen LogP contribution in [0.15, 0.2) is 0 Å². The van der Waals surface area contributed by atoms with Crippen LogP contribution in [0.3, 0.4) is 0 Å². The Kier molecular flexibility index (Phi) is 11.3. The first-order chi connectivity index (χ1) is 9.02. The molecule has 4 N–H and O–H groups in total. The summed E-state index contributed by atoms with van der Waals surface area (Å²) in [5.41, 5.74) is 5.95. The molecule has 0 amide bonds. The van der Waals surface area contributed by atoms with Gasteiger partial charge in [0.1, 0.15) is 0 Å². The Hall–Kier alpha value is -1.10. The van der Waals surface area contributed by atoms with Gasteiger partial charge < -0.3 is 15.9 Å². The predicted molar refractivity (Wildman–Crippen MR) is 74.0 cm³/mol. The molecule has 0 aliphatic heterocycles. The van der Waals surface area contributed by atoms with Crippen LogP contribution in [-0.4, -0.2) is 28.2 Å². The third-order valence-electron chi connectivity index (χ3n) is 3.18. The molecule has 5 nitrogen and oxygen atoms in total. The molecule has 0 spiro atoms. The normalized spacial score (nSPS) is 12.3. The number of rotatable bonds is 13. The highest BCUT2D eigenvalue weighted by Crippen LogP contribution is 2.11. The molecule has 0 unspecified atom stereocenters. The van der Waals surface area contributed by atoms with Crippen LogP contribution >= 0.6 is 0 Å². The van der Waals surface area contributed by atoms with Crippen molar-refractivity contribution in [2.75, 3.05) is 0 Å². The van der Waals surface area contributed by atoms with Crippen LogP contribution in [0.1, 0.15) is 70.6 Å². The second-order valence-electron chi connectivity index (χ2n) is 5.10. The molecule has 0 fully saturated rings. The van der Waals surface area contributed by atoms with E-state index in [2.05, 4.69) is 0 Å². The standard InChI is InChI=1S/C14H27NO4/c15-12(9-6-7-11-14(18)19)8-4-2-1-3-5-10-13(16)17/h12H,1-11,15H2,(H,16,17)(H,18,19)/t12-/m1/s1. The number of carboxylic acids is 2. The zero-order valence-corrected chi connectivity index (χ0v) is 11.6. The fraction of sp³-hybridized carbons (Fsp3) is 0.857. The molecule has 0 radical (unpaired) electrons. The van der Waals surface area contributed by atoms with E-state index in [1.165, 1.54) is 0 Å². The van der Waals surface area contributed by atoms with Gasteiger partial charge in [-0.15, -0.1) is 0 Å². The maximum Gasteiger partial charge on any atom is 0.303 e. The predicted octanol–water partition coefficient (Wildman–Crippen LogP) is 2.77. The largest absolute Gasteiger partial charge is 0.481 e. The Bertz CT molecular complexity index is 256. The van der Waals surface area contributed by atoms with Gasteiger partial charge in [-0.1, -0.05) is 32.1 Å². The number of hydrogen-bond acceptors (Lipinski definition) is 3. The van der Waals surface area contributed by atoms with Gasteiger partial charge in [-0.3, -0.25) is 9.59 Å². The van der Waals surface area contributed by atoms with Gasteiger partial charge in [-0.05, 0) is 25.7 Å². The summed E-state index contributed by atoms with van der Waals surface area (Å²) < 4.78 is 0. The van der Waals surface area contributed by atoms with Crippen LogP contribution in [-0.2, 0) is 9.59 Å². The molecule has 0 saturated heterocycles. The van der Waals surface area contributed by atoms with Crippen molar-refractivity contribution >= 4 is 11.9 Å². The first kappa shape index (κ1) is 17.9. The Morgan fingerprint density at radius 1 is 0.737 bits per heavy atom. The van der Waals surface area contributed by atoms with Crippen LogP contribution in [0.4, 0.5) is 0 Å². The minimum atomic E-state index is -0.741. The molecule has 0 heterocycles. The lowest BCUT2D eigenvalue weighted by atomic mass is 10.0. The third-order valence-corrected chi connectivity index (χ3v) is 3.18. The van der Waals surface area contributed by atoms with Crippen LogP contribution in [0, 0.1) is 0 Å². The summed E-state index contributed by atoms with van der Waals surface area (Å²) in [6.45, 7) is 0. The van der Waals surface area contributed by atoms with Crippen molar-refractivity contribution in [1.82, 2.24) is 0 Å². The number of carboxylic acid groups (broad SMARTS) is 2. The van der Waals surface area contributed by atoms with E-state index in [9.17, 15) is 9.59 Å². The summed E-state index contributed by atoms with van der Waals surface area (Å²) in [6, 6.07) is 0.174. The quantitative estimate of drug-likeness (QED) is 0.448. The molecule has 0 aromatic carbocycles. The molecule has 0 rings (SSSR count). The average Bonchev–Trinajstić information content (AvgIpc) is 2.33. The highest BCUT2D eigenvalue weighted by atomic mass is 16.4. The van der Waals surface area contributed by atoms with E-state index in [1.807, 2.05) is 0 Å². The number of hydrogen-bond donors (Lipinski definition) is 3. The monoisotopic (exact) mass is 273 g/mol. The zero-order valence-electron chi connectivity index (χ0n) is 11.6. The van der Waals surface area contributed by atoms with Crippen molar-refractivity contribution in [2.24, 2.45) is 5.73 Å². The molecular weight excluding hydrogens is 246 g/mol. The molecule has 5 heteroatoms. The lowest BCUT2D eigenvalue weighted by Crippen LogP contribution is -2.19. The summed E-state index contributed by atoms with van der Waals surface area (Å²) in [6.07, 6.45) is 8.94. The van der Waals surface area contributed by atoms with Gasteiger partial charge in [-0.25, -0.2) is 0 Å². The van der Waals surface area contributed by atoms with E-state index >= 15 is 0 Å². The fourth-order valence-corrected chi connectivity index (χ4v) is 2.04. The Morgan fingerprint density at radius 2 is 1.11 bits per heavy atom. The van der Waals surface area contributed by atoms with E-state index < -0.39 is 11.9 Å².